The minimum absolute atomic E-state index is 0.0301. The largest absolute Gasteiger partial charge is 0.330 e. The molecule has 0 saturated heterocycles. The van der Waals surface area contributed by atoms with Gasteiger partial charge in [-0.15, -0.1) is 0 Å². The number of carbonyl (C=O) groups is 1. The fourth-order valence-corrected chi connectivity index (χ4v) is 5.33. The first-order valence-electron chi connectivity index (χ1n) is 13.7. The van der Waals surface area contributed by atoms with Crippen molar-refractivity contribution in [1.82, 2.24) is 14.5 Å². The normalized spacial score (nSPS) is 12.0. The molecule has 1 heterocycles. The van der Waals surface area contributed by atoms with Gasteiger partial charge in [0.1, 0.15) is 5.82 Å². The minimum Gasteiger partial charge on any atom is -0.330 e. The number of rotatable bonds is 10. The highest BCUT2D eigenvalue weighted by Crippen LogP contribution is 2.32. The van der Waals surface area contributed by atoms with Crippen molar-refractivity contribution in [3.05, 3.63) is 122 Å². The van der Waals surface area contributed by atoms with Crippen LogP contribution in [0.15, 0.2) is 83.7 Å². The molecule has 3 aromatic carbocycles. The van der Waals surface area contributed by atoms with Crippen LogP contribution < -0.4 is 11.3 Å². The first-order valence-corrected chi connectivity index (χ1v) is 14.1. The summed E-state index contributed by atoms with van der Waals surface area (Å²) in [7, 11) is 0. The first-order chi connectivity index (χ1) is 19.2. The van der Waals surface area contributed by atoms with E-state index in [1.54, 1.807) is 12.1 Å². The lowest BCUT2D eigenvalue weighted by atomic mass is 9.97. The summed E-state index contributed by atoms with van der Waals surface area (Å²) in [6, 6.07) is 24.5. The van der Waals surface area contributed by atoms with Gasteiger partial charge in [-0.2, -0.15) is 4.98 Å². The second-order valence-electron chi connectivity index (χ2n) is 10.5. The molecular weight excluding hydrogens is 520 g/mol. The SMILES string of the molecule is Cc1ccc(C(=O)N(CCCN)[C@@H](c2nc(=O)c(-c3cccc(Cl)c3)c(C)n2Cc2ccccc2)C(C)C)cc1. The van der Waals surface area contributed by atoms with Crippen LogP contribution >= 0.6 is 11.6 Å². The third kappa shape index (κ3) is 6.52. The van der Waals surface area contributed by atoms with Crippen LogP contribution in [-0.4, -0.2) is 33.4 Å². The van der Waals surface area contributed by atoms with Crippen LogP contribution in [0.25, 0.3) is 11.1 Å². The maximum atomic E-state index is 14.0. The van der Waals surface area contributed by atoms with Gasteiger partial charge in [-0.1, -0.05) is 85.6 Å². The maximum absolute atomic E-state index is 14.0. The molecule has 0 spiro atoms. The van der Waals surface area contributed by atoms with E-state index >= 15 is 0 Å². The van der Waals surface area contributed by atoms with Crippen molar-refractivity contribution in [2.45, 2.75) is 46.7 Å². The van der Waals surface area contributed by atoms with E-state index in [1.807, 2.05) is 73.3 Å². The highest BCUT2D eigenvalue weighted by molar-refractivity contribution is 6.30. The smallest absolute Gasteiger partial charge is 0.281 e. The average Bonchev–Trinajstić information content (AvgIpc) is 2.93. The molecule has 0 radical (unpaired) electrons. The summed E-state index contributed by atoms with van der Waals surface area (Å²) in [5, 5.41) is 0.548. The van der Waals surface area contributed by atoms with E-state index in [1.165, 1.54) is 0 Å². The van der Waals surface area contributed by atoms with Crippen molar-refractivity contribution in [3.63, 3.8) is 0 Å². The third-order valence-electron chi connectivity index (χ3n) is 7.16. The molecule has 0 bridgehead atoms. The van der Waals surface area contributed by atoms with Gasteiger partial charge in [-0.3, -0.25) is 9.59 Å². The predicted molar refractivity (Wildman–Crippen MR) is 163 cm³/mol. The Labute approximate surface area is 241 Å². The van der Waals surface area contributed by atoms with Crippen molar-refractivity contribution < 1.29 is 4.79 Å². The zero-order valence-electron chi connectivity index (χ0n) is 23.6. The molecular formula is C33H37ClN4O2. The highest BCUT2D eigenvalue weighted by atomic mass is 35.5. The Morgan fingerprint density at radius 1 is 1.00 bits per heavy atom. The molecule has 4 aromatic rings. The summed E-state index contributed by atoms with van der Waals surface area (Å²) >= 11 is 6.30. The molecule has 7 heteroatoms. The number of hydrogen-bond acceptors (Lipinski definition) is 4. The molecule has 0 aliphatic rings. The molecule has 4 rings (SSSR count). The fourth-order valence-electron chi connectivity index (χ4n) is 5.14. The van der Waals surface area contributed by atoms with E-state index in [0.717, 1.165) is 16.8 Å². The molecule has 1 aromatic heterocycles. The van der Waals surface area contributed by atoms with E-state index in [0.29, 0.717) is 53.6 Å². The summed E-state index contributed by atoms with van der Waals surface area (Å²) in [6.07, 6.45) is 0.628. The van der Waals surface area contributed by atoms with Gasteiger partial charge in [0.25, 0.3) is 11.5 Å². The number of nitrogens with zero attached hydrogens (tertiary/aromatic N) is 3. The molecule has 208 valence electrons. The molecule has 1 atom stereocenters. The highest BCUT2D eigenvalue weighted by Gasteiger charge is 2.33. The summed E-state index contributed by atoms with van der Waals surface area (Å²) in [4.78, 5) is 34.3. The molecule has 0 fully saturated rings. The Morgan fingerprint density at radius 2 is 1.70 bits per heavy atom. The lowest BCUT2D eigenvalue weighted by Crippen LogP contribution is -2.42. The van der Waals surface area contributed by atoms with Gasteiger partial charge in [-0.05, 0) is 68.1 Å². The van der Waals surface area contributed by atoms with Crippen molar-refractivity contribution >= 4 is 17.5 Å². The van der Waals surface area contributed by atoms with Crippen LogP contribution in [0, 0.1) is 19.8 Å². The number of aryl methyl sites for hydroxylation is 1. The van der Waals surface area contributed by atoms with Crippen LogP contribution in [0.1, 0.15) is 59.3 Å². The fraction of sp³-hybridized carbons (Fsp3) is 0.303. The van der Waals surface area contributed by atoms with Gasteiger partial charge in [-0.25, -0.2) is 0 Å². The lowest BCUT2D eigenvalue weighted by Gasteiger charge is -2.36. The van der Waals surface area contributed by atoms with E-state index in [-0.39, 0.29) is 17.4 Å². The minimum atomic E-state index is -0.455. The van der Waals surface area contributed by atoms with Gasteiger partial charge < -0.3 is 15.2 Å². The van der Waals surface area contributed by atoms with Crippen LogP contribution in [0.2, 0.25) is 5.02 Å². The molecule has 0 aliphatic heterocycles. The second kappa shape index (κ2) is 13.1. The van der Waals surface area contributed by atoms with Crippen molar-refractivity contribution in [2.24, 2.45) is 11.7 Å². The van der Waals surface area contributed by atoms with E-state index < -0.39 is 6.04 Å². The number of benzene rings is 3. The van der Waals surface area contributed by atoms with E-state index in [4.69, 9.17) is 22.3 Å². The number of hydrogen-bond donors (Lipinski definition) is 1. The monoisotopic (exact) mass is 556 g/mol. The number of aromatic nitrogens is 2. The zero-order chi connectivity index (χ0) is 28.8. The Morgan fingerprint density at radius 3 is 2.33 bits per heavy atom. The lowest BCUT2D eigenvalue weighted by molar-refractivity contribution is 0.0602. The van der Waals surface area contributed by atoms with E-state index in [2.05, 4.69) is 30.5 Å². The third-order valence-corrected chi connectivity index (χ3v) is 7.40. The van der Waals surface area contributed by atoms with Crippen LogP contribution in [-0.2, 0) is 6.54 Å². The van der Waals surface area contributed by atoms with Gasteiger partial charge in [0.2, 0.25) is 0 Å². The topological polar surface area (TPSA) is 81.2 Å². The first kappa shape index (κ1) is 29.2. The van der Waals surface area contributed by atoms with Gasteiger partial charge in [0.05, 0.1) is 11.6 Å². The molecule has 0 saturated carbocycles. The molecule has 2 N–H and O–H groups in total. The Balaban J connectivity index is 1.94. The van der Waals surface area contributed by atoms with Gasteiger partial charge in [0, 0.05) is 29.4 Å². The van der Waals surface area contributed by atoms with Gasteiger partial charge in [0.15, 0.2) is 0 Å². The van der Waals surface area contributed by atoms with Crippen molar-refractivity contribution in [2.75, 3.05) is 13.1 Å². The van der Waals surface area contributed by atoms with Crippen LogP contribution in [0.3, 0.4) is 0 Å². The Kier molecular flexibility index (Phi) is 9.56. The van der Waals surface area contributed by atoms with Gasteiger partial charge >= 0.3 is 0 Å². The Hall–Kier alpha value is -3.74. The summed E-state index contributed by atoms with van der Waals surface area (Å²) in [5.41, 5.74) is 10.3. The average molecular weight is 557 g/mol. The van der Waals surface area contributed by atoms with E-state index in [9.17, 15) is 9.59 Å². The number of nitrogens with two attached hydrogens (primary N) is 1. The van der Waals surface area contributed by atoms with Crippen LogP contribution in [0.5, 0.6) is 0 Å². The molecule has 0 unspecified atom stereocenters. The summed E-state index contributed by atoms with van der Waals surface area (Å²) < 4.78 is 2.08. The van der Waals surface area contributed by atoms with Crippen LogP contribution in [0.4, 0.5) is 0 Å². The maximum Gasteiger partial charge on any atom is 0.281 e. The molecule has 40 heavy (non-hydrogen) atoms. The van der Waals surface area contributed by atoms with Crippen molar-refractivity contribution in [3.8, 4) is 11.1 Å². The zero-order valence-corrected chi connectivity index (χ0v) is 24.4. The number of carbonyl (C=O) groups excluding carboxylic acids is 1. The summed E-state index contributed by atoms with van der Waals surface area (Å²) in [6.45, 7) is 9.43. The van der Waals surface area contributed by atoms with Crippen molar-refractivity contribution in [1.29, 1.82) is 0 Å². The molecule has 6 nitrogen and oxygen atoms in total. The molecule has 1 amide bonds. The Bertz CT molecular complexity index is 1510. The number of amides is 1. The predicted octanol–water partition coefficient (Wildman–Crippen LogP) is 6.42. The molecule has 0 aliphatic carbocycles. The summed E-state index contributed by atoms with van der Waals surface area (Å²) in [5.74, 6) is 0.423. The quantitative estimate of drug-likeness (QED) is 0.244. The number of halogens is 1. The standard InChI is InChI=1S/C33H37ClN4O2/c1-22(2)30(37(19-9-18-35)33(40)26-16-14-23(3)15-17-26)31-36-32(39)29(27-12-8-13-28(34)20-27)24(4)38(31)21-25-10-6-5-7-11-25/h5-8,10-17,20,22,30H,9,18-19,21,35H2,1-4H3/t30-/m1/s1. The second-order valence-corrected chi connectivity index (χ2v) is 10.9.